The first-order valence-corrected chi connectivity index (χ1v) is 6.29. The van der Waals surface area contributed by atoms with Crippen molar-refractivity contribution in [2.75, 3.05) is 20.3 Å². The average molecular weight is 279 g/mol. The first-order chi connectivity index (χ1) is 8.42. The fraction of sp³-hybridized carbons (Fsp3) is 0.500. The molecule has 1 aromatic rings. The van der Waals surface area contributed by atoms with Gasteiger partial charge in [0.25, 0.3) is 10.0 Å². The standard InChI is InChI=1S/C8H13N3O6S/c1-17-4-5(3-12)11-18(15,16)7-6(8(13)14)2-9-10-7/h2,5,11-12H,3-4H2,1H3,(H,9,10)(H,13,14). The van der Waals surface area contributed by atoms with Crippen LogP contribution in [-0.4, -0.2) is 61.2 Å². The zero-order chi connectivity index (χ0) is 13.8. The average Bonchev–Trinajstić information content (AvgIpc) is 2.77. The van der Waals surface area contributed by atoms with Crippen molar-refractivity contribution < 1.29 is 28.2 Å². The zero-order valence-corrected chi connectivity index (χ0v) is 10.3. The molecule has 0 saturated heterocycles. The third kappa shape index (κ3) is 3.26. The van der Waals surface area contributed by atoms with Gasteiger partial charge in [-0.15, -0.1) is 0 Å². The van der Waals surface area contributed by atoms with E-state index < -0.39 is 39.2 Å². The van der Waals surface area contributed by atoms with E-state index in [1.54, 1.807) is 0 Å². The van der Waals surface area contributed by atoms with Crippen molar-refractivity contribution in [1.29, 1.82) is 0 Å². The molecule has 4 N–H and O–H groups in total. The highest BCUT2D eigenvalue weighted by molar-refractivity contribution is 7.89. The highest BCUT2D eigenvalue weighted by Gasteiger charge is 2.27. The number of aromatic carboxylic acids is 1. The molecule has 0 spiro atoms. The summed E-state index contributed by atoms with van der Waals surface area (Å²) in [6.45, 7) is -0.532. The minimum Gasteiger partial charge on any atom is -0.478 e. The second-order valence-corrected chi connectivity index (χ2v) is 5.02. The second-order valence-electron chi connectivity index (χ2n) is 3.37. The number of ether oxygens (including phenoxy) is 1. The van der Waals surface area contributed by atoms with Crippen LogP contribution in [0.2, 0.25) is 0 Å². The number of hydrogen-bond acceptors (Lipinski definition) is 6. The van der Waals surface area contributed by atoms with Crippen LogP contribution in [0.3, 0.4) is 0 Å². The summed E-state index contributed by atoms with van der Waals surface area (Å²) in [5, 5.41) is 22.6. The van der Waals surface area contributed by atoms with Crippen LogP contribution in [0.4, 0.5) is 0 Å². The highest BCUT2D eigenvalue weighted by Crippen LogP contribution is 2.12. The van der Waals surface area contributed by atoms with Crippen molar-refractivity contribution in [3.63, 3.8) is 0 Å². The van der Waals surface area contributed by atoms with Crippen LogP contribution in [0.15, 0.2) is 11.2 Å². The Morgan fingerprint density at radius 3 is 2.83 bits per heavy atom. The number of methoxy groups -OCH3 is 1. The van der Waals surface area contributed by atoms with E-state index in [9.17, 15) is 13.2 Å². The van der Waals surface area contributed by atoms with Crippen molar-refractivity contribution in [3.8, 4) is 0 Å². The quantitative estimate of drug-likeness (QED) is 0.470. The molecule has 0 amide bonds. The Labute approximate surface area is 103 Å². The first kappa shape index (κ1) is 14.6. The Bertz CT molecular complexity index is 511. The zero-order valence-electron chi connectivity index (χ0n) is 9.45. The maximum Gasteiger partial charge on any atom is 0.340 e. The molecule has 1 heterocycles. The molecule has 0 aliphatic carbocycles. The molecule has 1 rings (SSSR count). The summed E-state index contributed by atoms with van der Waals surface area (Å²) in [5.74, 6) is -1.42. The molecular formula is C8H13N3O6S. The van der Waals surface area contributed by atoms with Gasteiger partial charge in [-0.1, -0.05) is 0 Å². The summed E-state index contributed by atoms with van der Waals surface area (Å²) in [4.78, 5) is 10.8. The van der Waals surface area contributed by atoms with Crippen molar-refractivity contribution in [3.05, 3.63) is 11.8 Å². The molecule has 10 heteroatoms. The molecule has 0 radical (unpaired) electrons. The number of carboxylic acid groups (broad SMARTS) is 1. The number of aromatic amines is 1. The van der Waals surface area contributed by atoms with Gasteiger partial charge in [-0.05, 0) is 0 Å². The topological polar surface area (TPSA) is 142 Å². The smallest absolute Gasteiger partial charge is 0.340 e. The Morgan fingerprint density at radius 1 is 1.67 bits per heavy atom. The van der Waals surface area contributed by atoms with E-state index >= 15 is 0 Å². The van der Waals surface area contributed by atoms with E-state index in [1.807, 2.05) is 0 Å². The minimum absolute atomic E-state index is 0.0493. The number of sulfonamides is 1. The van der Waals surface area contributed by atoms with Crippen LogP contribution in [0, 0.1) is 0 Å². The van der Waals surface area contributed by atoms with Crippen molar-refractivity contribution in [1.82, 2.24) is 14.9 Å². The molecule has 18 heavy (non-hydrogen) atoms. The number of hydrogen-bond donors (Lipinski definition) is 4. The summed E-state index contributed by atoms with van der Waals surface area (Å²) < 4.78 is 30.5. The maximum absolute atomic E-state index is 11.9. The normalized spacial score (nSPS) is 13.4. The number of aromatic nitrogens is 2. The molecular weight excluding hydrogens is 266 g/mol. The van der Waals surface area contributed by atoms with Crippen LogP contribution in [-0.2, 0) is 14.8 Å². The van der Waals surface area contributed by atoms with E-state index in [1.165, 1.54) is 7.11 Å². The molecule has 0 bridgehead atoms. The van der Waals surface area contributed by atoms with Crippen LogP contribution < -0.4 is 4.72 Å². The van der Waals surface area contributed by atoms with E-state index in [0.29, 0.717) is 0 Å². The van der Waals surface area contributed by atoms with E-state index in [0.717, 1.165) is 6.20 Å². The number of aliphatic hydroxyl groups is 1. The lowest BCUT2D eigenvalue weighted by molar-refractivity contribution is 0.0692. The van der Waals surface area contributed by atoms with Gasteiger partial charge in [0.15, 0.2) is 5.03 Å². The first-order valence-electron chi connectivity index (χ1n) is 4.81. The summed E-state index contributed by atoms with van der Waals surface area (Å²) in [6, 6.07) is -0.870. The lowest BCUT2D eigenvalue weighted by atomic mass is 10.4. The Kier molecular flexibility index (Phi) is 4.78. The molecule has 102 valence electrons. The van der Waals surface area contributed by atoms with Gasteiger partial charge in [0, 0.05) is 7.11 Å². The van der Waals surface area contributed by atoms with Gasteiger partial charge in [0.1, 0.15) is 5.56 Å². The summed E-state index contributed by atoms with van der Waals surface area (Å²) in [5.41, 5.74) is -0.475. The van der Waals surface area contributed by atoms with Gasteiger partial charge in [0.2, 0.25) is 0 Å². The molecule has 0 aliphatic heterocycles. The highest BCUT2D eigenvalue weighted by atomic mass is 32.2. The van der Waals surface area contributed by atoms with E-state index in [4.69, 9.17) is 14.9 Å². The molecule has 0 saturated carbocycles. The monoisotopic (exact) mass is 279 g/mol. The largest absolute Gasteiger partial charge is 0.478 e. The van der Waals surface area contributed by atoms with Gasteiger partial charge in [0.05, 0.1) is 25.5 Å². The molecule has 0 aliphatic rings. The number of nitrogens with one attached hydrogen (secondary N) is 2. The number of carboxylic acids is 1. The lowest BCUT2D eigenvalue weighted by Crippen LogP contribution is -2.41. The fourth-order valence-electron chi connectivity index (χ4n) is 1.24. The second kappa shape index (κ2) is 5.91. The minimum atomic E-state index is -4.12. The summed E-state index contributed by atoms with van der Waals surface area (Å²) in [7, 11) is -2.77. The summed E-state index contributed by atoms with van der Waals surface area (Å²) >= 11 is 0. The Hall–Kier alpha value is -1.49. The van der Waals surface area contributed by atoms with Crippen molar-refractivity contribution >= 4 is 16.0 Å². The molecule has 0 aromatic carbocycles. The van der Waals surface area contributed by atoms with Gasteiger partial charge in [-0.3, -0.25) is 5.10 Å². The van der Waals surface area contributed by atoms with Crippen molar-refractivity contribution in [2.45, 2.75) is 11.1 Å². The van der Waals surface area contributed by atoms with Gasteiger partial charge >= 0.3 is 5.97 Å². The molecule has 0 fully saturated rings. The lowest BCUT2D eigenvalue weighted by Gasteiger charge is -2.14. The predicted octanol–water partition coefficient (Wildman–Crippen LogP) is -1.61. The third-order valence-electron chi connectivity index (χ3n) is 2.01. The molecule has 9 nitrogen and oxygen atoms in total. The molecule has 1 aromatic heterocycles. The fourth-order valence-corrected chi connectivity index (χ4v) is 2.54. The SMILES string of the molecule is COCC(CO)NS(=O)(=O)c1[nH]ncc1C(=O)O. The predicted molar refractivity (Wildman–Crippen MR) is 58.6 cm³/mol. The number of carbonyl (C=O) groups is 1. The molecule has 1 atom stereocenters. The number of nitrogens with zero attached hydrogens (tertiary/aromatic N) is 1. The number of rotatable bonds is 7. The van der Waals surface area contributed by atoms with Crippen LogP contribution in [0.1, 0.15) is 10.4 Å². The molecule has 1 unspecified atom stereocenters. The maximum atomic E-state index is 11.9. The van der Waals surface area contributed by atoms with Crippen molar-refractivity contribution in [2.24, 2.45) is 0 Å². The van der Waals surface area contributed by atoms with E-state index in [2.05, 4.69) is 14.9 Å². The van der Waals surface area contributed by atoms with E-state index in [-0.39, 0.29) is 6.61 Å². The van der Waals surface area contributed by atoms with Gasteiger partial charge in [-0.25, -0.2) is 17.9 Å². The third-order valence-corrected chi connectivity index (χ3v) is 3.51. The van der Waals surface area contributed by atoms with Crippen LogP contribution >= 0.6 is 0 Å². The Morgan fingerprint density at radius 2 is 2.33 bits per heavy atom. The van der Waals surface area contributed by atoms with Crippen LogP contribution in [0.25, 0.3) is 0 Å². The van der Waals surface area contributed by atoms with Crippen LogP contribution in [0.5, 0.6) is 0 Å². The summed E-state index contributed by atoms with van der Waals surface area (Å²) in [6.07, 6.45) is 0.890. The number of aliphatic hydroxyl groups excluding tert-OH is 1. The Balaban J connectivity index is 2.99. The number of H-pyrrole nitrogens is 1. The van der Waals surface area contributed by atoms with Gasteiger partial charge in [-0.2, -0.15) is 5.10 Å². The van der Waals surface area contributed by atoms with Gasteiger partial charge < -0.3 is 14.9 Å².